The number of aryl methyl sites for hydroxylation is 1. The molecule has 124 valence electrons. The zero-order chi connectivity index (χ0) is 17.5. The second-order valence-corrected chi connectivity index (χ2v) is 5.57. The van der Waals surface area contributed by atoms with Crippen LogP contribution in [0.1, 0.15) is 44.7 Å². The summed E-state index contributed by atoms with van der Waals surface area (Å²) < 4.78 is 0. The van der Waals surface area contributed by atoms with Crippen LogP contribution in [0.25, 0.3) is 0 Å². The minimum atomic E-state index is -0.986. The highest BCUT2D eigenvalue weighted by atomic mass is 16.4. The molecule has 0 saturated carbocycles. The molecule has 24 heavy (non-hydrogen) atoms. The predicted molar refractivity (Wildman–Crippen MR) is 90.0 cm³/mol. The van der Waals surface area contributed by atoms with E-state index in [1.807, 2.05) is 19.1 Å². The minimum Gasteiger partial charge on any atom is -0.478 e. The number of carboxylic acids is 1. The van der Waals surface area contributed by atoms with Gasteiger partial charge in [-0.25, -0.2) is 4.79 Å². The first kappa shape index (κ1) is 17.4. The summed E-state index contributed by atoms with van der Waals surface area (Å²) in [5.74, 6) is -1.26. The van der Waals surface area contributed by atoms with Crippen molar-refractivity contribution in [1.29, 1.82) is 0 Å². The SMILES string of the molecule is Cc1ccc(C(=O)CCC(=O)NCc2ccc(C(=O)O)cc2)cc1. The zero-order valence-corrected chi connectivity index (χ0v) is 13.4. The minimum absolute atomic E-state index is 0.0593. The molecule has 1 amide bonds. The summed E-state index contributed by atoms with van der Waals surface area (Å²) in [5, 5.41) is 11.5. The Balaban J connectivity index is 1.77. The molecule has 0 aliphatic rings. The van der Waals surface area contributed by atoms with Crippen molar-refractivity contribution in [2.75, 3.05) is 0 Å². The van der Waals surface area contributed by atoms with Gasteiger partial charge >= 0.3 is 5.97 Å². The molecular weight excluding hydrogens is 306 g/mol. The Hall–Kier alpha value is -2.95. The monoisotopic (exact) mass is 325 g/mol. The highest BCUT2D eigenvalue weighted by molar-refractivity contribution is 5.98. The first-order chi connectivity index (χ1) is 11.5. The van der Waals surface area contributed by atoms with Gasteiger partial charge in [0.25, 0.3) is 0 Å². The van der Waals surface area contributed by atoms with Crippen LogP contribution in [0.3, 0.4) is 0 Å². The summed E-state index contributed by atoms with van der Waals surface area (Å²) in [6.45, 7) is 2.25. The van der Waals surface area contributed by atoms with E-state index in [0.717, 1.165) is 11.1 Å². The van der Waals surface area contributed by atoms with Gasteiger partial charge in [-0.2, -0.15) is 0 Å². The fourth-order valence-electron chi connectivity index (χ4n) is 2.17. The number of aromatic carboxylic acids is 1. The van der Waals surface area contributed by atoms with Crippen LogP contribution in [0.2, 0.25) is 0 Å². The average molecular weight is 325 g/mol. The largest absolute Gasteiger partial charge is 0.478 e. The molecule has 0 spiro atoms. The lowest BCUT2D eigenvalue weighted by atomic mass is 10.0. The Morgan fingerprint density at radius 1 is 0.875 bits per heavy atom. The number of rotatable bonds is 7. The maximum absolute atomic E-state index is 12.0. The lowest BCUT2D eigenvalue weighted by Crippen LogP contribution is -2.23. The number of ketones is 1. The van der Waals surface area contributed by atoms with Gasteiger partial charge in [-0.15, -0.1) is 0 Å². The standard InChI is InChI=1S/C19H19NO4/c1-13-2-6-15(7-3-13)17(21)10-11-18(22)20-12-14-4-8-16(9-5-14)19(23)24/h2-9H,10-12H2,1H3,(H,20,22)(H,23,24). The number of hydrogen-bond acceptors (Lipinski definition) is 3. The molecule has 0 aliphatic heterocycles. The van der Waals surface area contributed by atoms with E-state index >= 15 is 0 Å². The van der Waals surface area contributed by atoms with Gasteiger partial charge in [-0.1, -0.05) is 42.0 Å². The molecule has 2 aromatic carbocycles. The second-order valence-electron chi connectivity index (χ2n) is 5.57. The van der Waals surface area contributed by atoms with Crippen molar-refractivity contribution in [2.24, 2.45) is 0 Å². The van der Waals surface area contributed by atoms with E-state index < -0.39 is 5.97 Å². The number of carbonyl (C=O) groups is 3. The van der Waals surface area contributed by atoms with Crippen molar-refractivity contribution in [1.82, 2.24) is 5.32 Å². The van der Waals surface area contributed by atoms with Crippen molar-refractivity contribution in [3.05, 3.63) is 70.8 Å². The summed E-state index contributed by atoms with van der Waals surface area (Å²) >= 11 is 0. The third-order valence-electron chi connectivity index (χ3n) is 3.64. The number of carboxylic acid groups (broad SMARTS) is 1. The quantitative estimate of drug-likeness (QED) is 0.767. The van der Waals surface area contributed by atoms with E-state index in [-0.39, 0.29) is 30.1 Å². The summed E-state index contributed by atoms with van der Waals surface area (Å²) in [6.07, 6.45) is 0.284. The van der Waals surface area contributed by atoms with Crippen LogP contribution >= 0.6 is 0 Å². The van der Waals surface area contributed by atoms with Crippen molar-refractivity contribution in [2.45, 2.75) is 26.3 Å². The van der Waals surface area contributed by atoms with Gasteiger partial charge in [-0.05, 0) is 24.6 Å². The summed E-state index contributed by atoms with van der Waals surface area (Å²) in [5.41, 5.74) is 2.70. The second kappa shape index (κ2) is 8.06. The third-order valence-corrected chi connectivity index (χ3v) is 3.64. The lowest BCUT2D eigenvalue weighted by molar-refractivity contribution is -0.121. The van der Waals surface area contributed by atoms with Crippen molar-refractivity contribution in [3.63, 3.8) is 0 Å². The molecule has 0 radical (unpaired) electrons. The van der Waals surface area contributed by atoms with Crippen LogP contribution < -0.4 is 5.32 Å². The van der Waals surface area contributed by atoms with Gasteiger partial charge in [0, 0.05) is 24.9 Å². The Kier molecular flexibility index (Phi) is 5.84. The predicted octanol–water partition coefficient (Wildman–Crippen LogP) is 2.97. The maximum Gasteiger partial charge on any atom is 0.335 e. The molecule has 2 N–H and O–H groups in total. The average Bonchev–Trinajstić information content (AvgIpc) is 2.58. The van der Waals surface area contributed by atoms with Crippen molar-refractivity contribution < 1.29 is 19.5 Å². The van der Waals surface area contributed by atoms with Crippen LogP contribution in [-0.2, 0) is 11.3 Å². The van der Waals surface area contributed by atoms with Gasteiger partial charge in [0.2, 0.25) is 5.91 Å². The van der Waals surface area contributed by atoms with Crippen molar-refractivity contribution in [3.8, 4) is 0 Å². The molecule has 0 saturated heterocycles. The molecule has 0 aromatic heterocycles. The number of benzene rings is 2. The molecule has 0 aliphatic carbocycles. The van der Waals surface area contributed by atoms with Crippen LogP contribution in [-0.4, -0.2) is 22.8 Å². The molecule has 0 heterocycles. The Morgan fingerprint density at radius 3 is 2.04 bits per heavy atom. The van der Waals surface area contributed by atoms with E-state index in [1.165, 1.54) is 12.1 Å². The van der Waals surface area contributed by atoms with Crippen LogP contribution in [0.15, 0.2) is 48.5 Å². The van der Waals surface area contributed by atoms with E-state index in [0.29, 0.717) is 12.1 Å². The highest BCUT2D eigenvalue weighted by Gasteiger charge is 2.09. The van der Waals surface area contributed by atoms with Gasteiger partial charge in [0.1, 0.15) is 0 Å². The van der Waals surface area contributed by atoms with Gasteiger partial charge in [-0.3, -0.25) is 9.59 Å². The van der Waals surface area contributed by atoms with E-state index in [4.69, 9.17) is 5.11 Å². The first-order valence-corrected chi connectivity index (χ1v) is 7.64. The molecule has 2 aromatic rings. The third kappa shape index (κ3) is 5.05. The fourth-order valence-corrected chi connectivity index (χ4v) is 2.17. The van der Waals surface area contributed by atoms with E-state index in [2.05, 4.69) is 5.32 Å². The number of amides is 1. The smallest absolute Gasteiger partial charge is 0.335 e. The molecule has 5 heteroatoms. The van der Waals surface area contributed by atoms with Gasteiger partial charge in [0.05, 0.1) is 5.56 Å². The van der Waals surface area contributed by atoms with E-state index in [1.54, 1.807) is 24.3 Å². The number of carbonyl (C=O) groups excluding carboxylic acids is 2. The highest BCUT2D eigenvalue weighted by Crippen LogP contribution is 2.08. The first-order valence-electron chi connectivity index (χ1n) is 7.64. The Labute approximate surface area is 140 Å². The summed E-state index contributed by atoms with van der Waals surface area (Å²) in [6, 6.07) is 13.6. The Bertz CT molecular complexity index is 733. The number of hydrogen-bond donors (Lipinski definition) is 2. The molecule has 0 fully saturated rings. The van der Waals surface area contributed by atoms with Gasteiger partial charge < -0.3 is 10.4 Å². The topological polar surface area (TPSA) is 83.5 Å². The molecule has 0 bridgehead atoms. The molecule has 2 rings (SSSR count). The zero-order valence-electron chi connectivity index (χ0n) is 13.4. The molecule has 0 unspecified atom stereocenters. The Morgan fingerprint density at radius 2 is 1.46 bits per heavy atom. The number of Topliss-reactive ketones (excluding diaryl/α,β-unsaturated/α-hetero) is 1. The maximum atomic E-state index is 12.0. The number of nitrogens with one attached hydrogen (secondary N) is 1. The summed E-state index contributed by atoms with van der Waals surface area (Å²) in [7, 11) is 0. The van der Waals surface area contributed by atoms with Crippen LogP contribution in [0.5, 0.6) is 0 Å². The fraction of sp³-hybridized carbons (Fsp3) is 0.211. The molecule has 5 nitrogen and oxygen atoms in total. The van der Waals surface area contributed by atoms with Crippen LogP contribution in [0, 0.1) is 6.92 Å². The van der Waals surface area contributed by atoms with Crippen molar-refractivity contribution >= 4 is 17.7 Å². The summed E-state index contributed by atoms with van der Waals surface area (Å²) in [4.78, 5) is 34.6. The molecular formula is C19H19NO4. The van der Waals surface area contributed by atoms with Gasteiger partial charge in [0.15, 0.2) is 5.78 Å². The normalized spacial score (nSPS) is 10.2. The van der Waals surface area contributed by atoms with E-state index in [9.17, 15) is 14.4 Å². The lowest BCUT2D eigenvalue weighted by Gasteiger charge is -2.06. The van der Waals surface area contributed by atoms with Crippen LogP contribution in [0.4, 0.5) is 0 Å². The molecule has 0 atom stereocenters.